The fraction of sp³-hybridized carbons (Fsp3) is 0.625. The lowest BCUT2D eigenvalue weighted by atomic mass is 10.3. The highest BCUT2D eigenvalue weighted by molar-refractivity contribution is 6.44. The molecule has 0 aromatic heterocycles. The third kappa shape index (κ3) is 5.65. The number of esters is 1. The number of carbonyl (C=O) groups excluding carboxylic acids is 1. The van der Waals surface area contributed by atoms with E-state index in [1.165, 1.54) is 0 Å². The second-order valence-corrected chi connectivity index (χ2v) is 4.45. The minimum Gasteiger partial charge on any atom is -0.462 e. The van der Waals surface area contributed by atoms with E-state index in [1.54, 1.807) is 6.92 Å². The highest BCUT2D eigenvalue weighted by atomic mass is 35.5. The molecule has 0 spiro atoms. The van der Waals surface area contributed by atoms with Crippen LogP contribution in [0.1, 0.15) is 13.3 Å². The van der Waals surface area contributed by atoms with E-state index in [0.717, 1.165) is 0 Å². The number of hydrogen-bond donors (Lipinski definition) is 0. The highest BCUT2D eigenvalue weighted by Gasteiger charge is 2.16. The van der Waals surface area contributed by atoms with E-state index in [9.17, 15) is 4.79 Å². The molecule has 0 aromatic rings. The third-order valence-corrected chi connectivity index (χ3v) is 2.74. The zero-order valence-electron chi connectivity index (χ0n) is 8.26. The molecule has 0 saturated carbocycles. The van der Waals surface area contributed by atoms with Crippen molar-refractivity contribution in [2.24, 2.45) is 0 Å². The van der Waals surface area contributed by atoms with Crippen LogP contribution in [-0.2, 0) is 14.0 Å². The zero-order valence-corrected chi connectivity index (χ0v) is 11.8. The van der Waals surface area contributed by atoms with E-state index in [-0.39, 0.29) is 12.7 Å². The van der Waals surface area contributed by atoms with Gasteiger partial charge in [0, 0.05) is 12.0 Å². The van der Waals surface area contributed by atoms with Crippen molar-refractivity contribution in [1.82, 2.24) is 0 Å². The summed E-state index contributed by atoms with van der Waals surface area (Å²) in [5, 5.41) is 0. The molecule has 0 fully saturated rings. The van der Waals surface area contributed by atoms with E-state index in [2.05, 4.69) is 6.58 Å². The highest BCUT2D eigenvalue weighted by Crippen LogP contribution is 2.14. The van der Waals surface area contributed by atoms with Crippen LogP contribution in [0.2, 0.25) is 0 Å². The number of halogens is 2. The van der Waals surface area contributed by atoms with Gasteiger partial charge in [-0.1, -0.05) is 6.58 Å². The molecule has 0 aliphatic carbocycles. The maximum absolute atomic E-state index is 11.0. The molecule has 0 heterocycles. The van der Waals surface area contributed by atoms with Crippen LogP contribution < -0.4 is 0 Å². The molecule has 0 N–H and O–H groups in total. The number of rotatable bonds is 6. The van der Waals surface area contributed by atoms with Crippen LogP contribution in [0.15, 0.2) is 12.2 Å². The summed E-state index contributed by atoms with van der Waals surface area (Å²) in [5.74, 6) is -0.405. The topological polar surface area (TPSA) is 35.5 Å². The minimum absolute atomic E-state index is 0.245. The molecule has 1 unspecified atom stereocenters. The number of hydrogen-bond acceptors (Lipinski definition) is 3. The van der Waals surface area contributed by atoms with Crippen molar-refractivity contribution in [3.8, 4) is 0 Å². The largest absolute Gasteiger partial charge is 0.462 e. The summed E-state index contributed by atoms with van der Waals surface area (Å²) in [6, 6.07) is 0. The summed E-state index contributed by atoms with van der Waals surface area (Å²) in [5.41, 5.74) is 0.377. The first kappa shape index (κ1) is 14.0. The van der Waals surface area contributed by atoms with Crippen molar-refractivity contribution in [2.75, 3.05) is 6.61 Å². The van der Waals surface area contributed by atoms with Gasteiger partial charge in [-0.15, -0.1) is 23.2 Å². The first-order valence-corrected chi connectivity index (χ1v) is 5.81. The van der Waals surface area contributed by atoms with Gasteiger partial charge in [0.1, 0.15) is 15.3 Å². The number of carbonyl (C=O) groups is 1. The molecule has 0 aliphatic heterocycles. The third-order valence-electron chi connectivity index (χ3n) is 1.57. The van der Waals surface area contributed by atoms with Gasteiger partial charge in [0.05, 0.1) is 12.7 Å². The van der Waals surface area contributed by atoms with E-state index in [0.29, 0.717) is 22.5 Å². The Labute approximate surface area is 96.9 Å². The fourth-order valence-electron chi connectivity index (χ4n) is 0.738. The van der Waals surface area contributed by atoms with Gasteiger partial charge in [-0.05, 0) is 6.92 Å². The van der Waals surface area contributed by atoms with Crippen LogP contribution in [0.4, 0.5) is 0 Å². The van der Waals surface area contributed by atoms with E-state index < -0.39 is 10.8 Å². The van der Waals surface area contributed by atoms with Crippen molar-refractivity contribution >= 4 is 39.7 Å². The van der Waals surface area contributed by atoms with Gasteiger partial charge in [0.25, 0.3) is 0 Å². The molecule has 0 saturated heterocycles. The van der Waals surface area contributed by atoms with E-state index >= 15 is 0 Å². The summed E-state index contributed by atoms with van der Waals surface area (Å²) in [4.78, 5) is 10.4. The lowest BCUT2D eigenvalue weighted by molar-refractivity contribution is -0.139. The van der Waals surface area contributed by atoms with Crippen LogP contribution in [0.25, 0.3) is 0 Å². The Morgan fingerprint density at radius 2 is 2.14 bits per heavy atom. The van der Waals surface area contributed by atoms with Crippen LogP contribution >= 0.6 is 23.2 Å². The lowest BCUT2D eigenvalue weighted by Gasteiger charge is -2.16. The second kappa shape index (κ2) is 7.28. The van der Waals surface area contributed by atoms with Crippen LogP contribution in [0.5, 0.6) is 0 Å². The molecule has 14 heavy (non-hydrogen) atoms. The summed E-state index contributed by atoms with van der Waals surface area (Å²) >= 11 is 11.3. The monoisotopic (exact) mass is 256 g/mol. The first-order valence-electron chi connectivity index (χ1n) is 4.12. The Morgan fingerprint density at radius 3 is 2.50 bits per heavy atom. The van der Waals surface area contributed by atoms with Crippen LogP contribution in [0, 0.1) is 0 Å². The Balaban J connectivity index is 3.72. The second-order valence-electron chi connectivity index (χ2n) is 2.81. The van der Waals surface area contributed by atoms with Gasteiger partial charge < -0.3 is 9.16 Å². The van der Waals surface area contributed by atoms with Crippen molar-refractivity contribution < 1.29 is 14.0 Å². The maximum atomic E-state index is 11.0. The summed E-state index contributed by atoms with van der Waals surface area (Å²) in [6.45, 7) is 5.29. The van der Waals surface area contributed by atoms with Gasteiger partial charge in [-0.25, -0.2) is 4.79 Å². The summed E-state index contributed by atoms with van der Waals surface area (Å²) < 4.78 is 9.98. The van der Waals surface area contributed by atoms with Crippen LogP contribution in [0.3, 0.4) is 0 Å². The molecular formula is C8H14Cl2O3Si. The number of alkyl halides is 2. The van der Waals surface area contributed by atoms with Gasteiger partial charge in [-0.2, -0.15) is 0 Å². The fourth-order valence-corrected chi connectivity index (χ4v) is 2.05. The normalized spacial score (nSPS) is 12.9. The number of ether oxygens (including phenoxy) is 1. The maximum Gasteiger partial charge on any atom is 0.333 e. The predicted molar refractivity (Wildman–Crippen MR) is 60.7 cm³/mol. The van der Waals surface area contributed by atoms with Crippen molar-refractivity contribution in [3.05, 3.63) is 12.2 Å². The van der Waals surface area contributed by atoms with Crippen LogP contribution in [-0.4, -0.2) is 34.0 Å². The molecule has 0 aliphatic rings. The molecule has 0 aromatic carbocycles. The first-order chi connectivity index (χ1) is 6.49. The van der Waals surface area contributed by atoms with Gasteiger partial charge in [0.2, 0.25) is 0 Å². The minimum atomic E-state index is -0.587. The smallest absolute Gasteiger partial charge is 0.333 e. The molecule has 0 amide bonds. The molecule has 3 nitrogen and oxygen atoms in total. The van der Waals surface area contributed by atoms with Crippen molar-refractivity contribution in [1.29, 1.82) is 0 Å². The average molecular weight is 257 g/mol. The molecule has 6 heteroatoms. The lowest BCUT2D eigenvalue weighted by Crippen LogP contribution is -2.22. The molecule has 0 radical (unpaired) electrons. The SMILES string of the molecule is C=C(C)C(=O)OCCC(O[SiH3])C(Cl)Cl. The molecule has 0 rings (SSSR count). The van der Waals surface area contributed by atoms with Crippen molar-refractivity contribution in [3.63, 3.8) is 0 Å². The van der Waals surface area contributed by atoms with Gasteiger partial charge in [0.15, 0.2) is 0 Å². The van der Waals surface area contributed by atoms with Crippen molar-refractivity contribution in [2.45, 2.75) is 24.3 Å². The molecule has 1 atom stereocenters. The molecule has 0 bridgehead atoms. The Kier molecular flexibility index (Phi) is 7.27. The summed E-state index contributed by atoms with van der Waals surface area (Å²) in [6.07, 6.45) is 0.239. The Morgan fingerprint density at radius 1 is 1.57 bits per heavy atom. The van der Waals surface area contributed by atoms with Gasteiger partial charge >= 0.3 is 5.97 Å². The quantitative estimate of drug-likeness (QED) is 0.308. The standard InChI is InChI=1S/C8H14Cl2O3Si/c1-5(2)8(11)12-4-3-6(13-14)7(9)10/h6-7H,1,3-4H2,2,14H3. The van der Waals surface area contributed by atoms with E-state index in [1.807, 2.05) is 0 Å². The summed E-state index contributed by atoms with van der Waals surface area (Å²) in [7, 11) is 0.553. The predicted octanol–water partition coefficient (Wildman–Crippen LogP) is 0.965. The Bertz CT molecular complexity index is 209. The zero-order chi connectivity index (χ0) is 11.1. The van der Waals surface area contributed by atoms with Gasteiger partial charge in [-0.3, -0.25) is 0 Å². The average Bonchev–Trinajstić information content (AvgIpc) is 2.11. The Hall–Kier alpha value is -0.0331. The molecule has 82 valence electrons. The molecular weight excluding hydrogens is 243 g/mol. The van der Waals surface area contributed by atoms with E-state index in [4.69, 9.17) is 32.4 Å².